The van der Waals surface area contributed by atoms with Gasteiger partial charge in [0.2, 0.25) is 0 Å². The summed E-state index contributed by atoms with van der Waals surface area (Å²) in [6.07, 6.45) is 4.32. The van der Waals surface area contributed by atoms with Gasteiger partial charge in [-0.15, -0.1) is 0 Å². The molecule has 0 spiro atoms. The van der Waals surface area contributed by atoms with E-state index in [0.717, 1.165) is 38.5 Å². The Labute approximate surface area is 231 Å². The quantitative estimate of drug-likeness (QED) is 0.261. The van der Waals surface area contributed by atoms with Crippen LogP contribution in [-0.2, 0) is 20.3 Å². The van der Waals surface area contributed by atoms with E-state index in [4.69, 9.17) is 9.47 Å². The van der Waals surface area contributed by atoms with Crippen LogP contribution in [0.25, 0.3) is 0 Å². The van der Waals surface area contributed by atoms with Crippen molar-refractivity contribution < 1.29 is 19.1 Å². The van der Waals surface area contributed by atoms with Crippen LogP contribution in [-0.4, -0.2) is 24.1 Å². The lowest BCUT2D eigenvalue weighted by atomic mass is 9.86. The monoisotopic (exact) mass is 522 g/mol. The highest BCUT2D eigenvalue weighted by atomic mass is 16.6. The predicted molar refractivity (Wildman–Crippen MR) is 157 cm³/mol. The first-order valence-electron chi connectivity index (χ1n) is 14.4. The molecular weight excluding hydrogens is 472 g/mol. The molecule has 38 heavy (non-hydrogen) atoms. The Bertz CT molecular complexity index is 925. The normalized spacial score (nSPS) is 14.4. The van der Waals surface area contributed by atoms with Crippen molar-refractivity contribution in [3.05, 3.63) is 70.8 Å². The molecule has 0 aliphatic rings. The topological polar surface area (TPSA) is 52.6 Å². The van der Waals surface area contributed by atoms with Gasteiger partial charge in [0.05, 0.1) is 11.1 Å². The van der Waals surface area contributed by atoms with Gasteiger partial charge in [0.15, 0.2) is 0 Å². The Hall–Kier alpha value is -2.62. The first-order valence-corrected chi connectivity index (χ1v) is 14.4. The Balaban J connectivity index is 2.25. The maximum atomic E-state index is 13.2. The van der Waals surface area contributed by atoms with Crippen LogP contribution >= 0.6 is 0 Å². The molecule has 2 aromatic rings. The highest BCUT2D eigenvalue weighted by Crippen LogP contribution is 2.30. The summed E-state index contributed by atoms with van der Waals surface area (Å²) in [7, 11) is 0. The zero-order valence-electron chi connectivity index (χ0n) is 25.2. The van der Waals surface area contributed by atoms with Gasteiger partial charge in [0, 0.05) is 5.92 Å². The van der Waals surface area contributed by atoms with Gasteiger partial charge in [-0.3, -0.25) is 0 Å². The standard InChI is InChI=1S/C34H50O4/c1-10-13-28(29(14-11-2)37-31(35)24-16-20-26(21-17-24)33(4,5)6)30(15-12-3)38-32(36)25-18-22-27(23-19-25)34(7,8)9/h16-23,28-30H,10-15H2,1-9H3. The minimum atomic E-state index is -0.317. The Morgan fingerprint density at radius 2 is 0.895 bits per heavy atom. The van der Waals surface area contributed by atoms with Crippen LogP contribution in [0.1, 0.15) is 133 Å². The second-order valence-corrected chi connectivity index (χ2v) is 12.6. The van der Waals surface area contributed by atoms with E-state index in [2.05, 4.69) is 62.3 Å². The number of ether oxygens (including phenoxy) is 2. The van der Waals surface area contributed by atoms with E-state index in [0.29, 0.717) is 11.1 Å². The molecule has 4 nitrogen and oxygen atoms in total. The minimum Gasteiger partial charge on any atom is -0.458 e. The molecule has 0 saturated heterocycles. The molecule has 0 aliphatic carbocycles. The fourth-order valence-electron chi connectivity index (χ4n) is 4.86. The Kier molecular flexibility index (Phi) is 11.6. The Morgan fingerprint density at radius 1 is 0.579 bits per heavy atom. The molecule has 0 amide bonds. The molecule has 2 atom stereocenters. The molecule has 2 unspecified atom stereocenters. The molecule has 0 N–H and O–H groups in total. The van der Waals surface area contributed by atoms with Crippen molar-refractivity contribution >= 4 is 11.9 Å². The largest absolute Gasteiger partial charge is 0.458 e. The molecule has 2 aromatic carbocycles. The molecule has 210 valence electrons. The molecule has 0 saturated carbocycles. The SMILES string of the molecule is CCCC(OC(=O)c1ccc(C(C)(C)C)cc1)C(CCC)C(CCC)OC(=O)c1ccc(C(C)(C)C)cc1. The third-order valence-electron chi connectivity index (χ3n) is 7.21. The molecule has 4 heteroatoms. The second kappa shape index (κ2) is 14.0. The zero-order chi connectivity index (χ0) is 28.5. The maximum Gasteiger partial charge on any atom is 0.338 e. The lowest BCUT2D eigenvalue weighted by Crippen LogP contribution is -2.38. The van der Waals surface area contributed by atoms with E-state index in [1.165, 1.54) is 11.1 Å². The van der Waals surface area contributed by atoms with Crippen LogP contribution in [0, 0.1) is 5.92 Å². The average molecular weight is 523 g/mol. The van der Waals surface area contributed by atoms with Crippen molar-refractivity contribution in [2.24, 2.45) is 5.92 Å². The molecule has 0 aliphatic heterocycles. The summed E-state index contributed by atoms with van der Waals surface area (Å²) in [5.41, 5.74) is 3.49. The van der Waals surface area contributed by atoms with Crippen molar-refractivity contribution in [1.29, 1.82) is 0 Å². The van der Waals surface area contributed by atoms with E-state index in [1.54, 1.807) is 0 Å². The maximum absolute atomic E-state index is 13.2. The summed E-state index contributed by atoms with van der Waals surface area (Å²) < 4.78 is 12.3. The van der Waals surface area contributed by atoms with Gasteiger partial charge >= 0.3 is 11.9 Å². The van der Waals surface area contributed by atoms with Crippen LogP contribution < -0.4 is 0 Å². The molecule has 0 fully saturated rings. The number of rotatable bonds is 12. The van der Waals surface area contributed by atoms with E-state index < -0.39 is 0 Å². The van der Waals surface area contributed by atoms with Gasteiger partial charge in [-0.25, -0.2) is 9.59 Å². The van der Waals surface area contributed by atoms with Crippen molar-refractivity contribution in [1.82, 2.24) is 0 Å². The average Bonchev–Trinajstić information content (AvgIpc) is 2.86. The summed E-state index contributed by atoms with van der Waals surface area (Å²) in [6, 6.07) is 15.4. The number of benzene rings is 2. The number of carbonyl (C=O) groups is 2. The summed E-state index contributed by atoms with van der Waals surface area (Å²) >= 11 is 0. The summed E-state index contributed by atoms with van der Waals surface area (Å²) in [5, 5.41) is 0. The number of carbonyl (C=O) groups excluding carboxylic acids is 2. The van der Waals surface area contributed by atoms with Gasteiger partial charge in [0.1, 0.15) is 12.2 Å². The van der Waals surface area contributed by atoms with Crippen LogP contribution in [0.15, 0.2) is 48.5 Å². The lowest BCUT2D eigenvalue weighted by molar-refractivity contribution is -0.0406. The van der Waals surface area contributed by atoms with Crippen molar-refractivity contribution in [2.75, 3.05) is 0 Å². The summed E-state index contributed by atoms with van der Waals surface area (Å²) in [4.78, 5) is 26.4. The first-order chi connectivity index (χ1) is 17.8. The fraction of sp³-hybridized carbons (Fsp3) is 0.588. The van der Waals surface area contributed by atoms with Gasteiger partial charge in [-0.1, -0.05) is 106 Å². The van der Waals surface area contributed by atoms with E-state index in [1.807, 2.05) is 48.5 Å². The first kappa shape index (κ1) is 31.6. The number of hydrogen-bond acceptors (Lipinski definition) is 4. The third-order valence-corrected chi connectivity index (χ3v) is 7.21. The summed E-state index contributed by atoms with van der Waals surface area (Å²) in [6.45, 7) is 19.2. The third kappa shape index (κ3) is 8.99. The molecule has 0 bridgehead atoms. The Morgan fingerprint density at radius 3 is 1.16 bits per heavy atom. The number of hydrogen-bond donors (Lipinski definition) is 0. The van der Waals surface area contributed by atoms with Gasteiger partial charge in [-0.05, 0) is 65.5 Å². The predicted octanol–water partition coefficient (Wildman–Crippen LogP) is 9.05. The molecule has 0 radical (unpaired) electrons. The van der Waals surface area contributed by atoms with E-state index in [9.17, 15) is 9.59 Å². The van der Waals surface area contributed by atoms with Crippen LogP contribution in [0.4, 0.5) is 0 Å². The van der Waals surface area contributed by atoms with Crippen LogP contribution in [0.3, 0.4) is 0 Å². The van der Waals surface area contributed by atoms with Gasteiger partial charge in [0.25, 0.3) is 0 Å². The van der Waals surface area contributed by atoms with Gasteiger partial charge < -0.3 is 9.47 Å². The highest BCUT2D eigenvalue weighted by molar-refractivity contribution is 5.90. The minimum absolute atomic E-state index is 0.0176. The van der Waals surface area contributed by atoms with Crippen LogP contribution in [0.5, 0.6) is 0 Å². The smallest absolute Gasteiger partial charge is 0.338 e. The van der Waals surface area contributed by atoms with Crippen LogP contribution in [0.2, 0.25) is 0 Å². The van der Waals surface area contributed by atoms with Gasteiger partial charge in [-0.2, -0.15) is 0 Å². The lowest BCUT2D eigenvalue weighted by Gasteiger charge is -2.33. The van der Waals surface area contributed by atoms with E-state index >= 15 is 0 Å². The van der Waals surface area contributed by atoms with Crippen molar-refractivity contribution in [2.45, 2.75) is 124 Å². The van der Waals surface area contributed by atoms with Crippen molar-refractivity contribution in [3.63, 3.8) is 0 Å². The second-order valence-electron chi connectivity index (χ2n) is 12.6. The molecule has 2 rings (SSSR count). The zero-order valence-corrected chi connectivity index (χ0v) is 25.2. The molecule has 0 aromatic heterocycles. The number of esters is 2. The molecule has 0 heterocycles. The fourth-order valence-corrected chi connectivity index (χ4v) is 4.86. The highest BCUT2D eigenvalue weighted by Gasteiger charge is 2.34. The van der Waals surface area contributed by atoms with E-state index in [-0.39, 0.29) is 40.9 Å². The molecular formula is C34H50O4. The summed E-state index contributed by atoms with van der Waals surface area (Å²) in [5.74, 6) is -0.691. The van der Waals surface area contributed by atoms with Crippen molar-refractivity contribution in [3.8, 4) is 0 Å².